The standard InChI is InChI=1S/C56H101NO5/c1-3-5-7-9-11-13-14-15-16-17-18-21-24-27-30-34-38-42-46-50-56(61)62-51-47-43-39-35-31-28-25-22-19-20-23-26-29-33-37-41-45-49-55(60)57-53(52-58)54(59)48-44-40-36-32-12-10-8-6-4-2/h11,13,15-16,19,22,28,31,44,48,53-54,58-59H,3-10,12,14,17-18,20-21,23-27,29-30,32-43,45-47,49-52H2,1-2H3,(H,57,60)/b13-11-,16-15-,22-19-,31-28-,48-44+. The summed E-state index contributed by atoms with van der Waals surface area (Å²) in [5, 5.41) is 22.9. The molecule has 0 fully saturated rings. The fourth-order valence-corrected chi connectivity index (χ4v) is 7.63. The zero-order valence-corrected chi connectivity index (χ0v) is 40.8. The van der Waals surface area contributed by atoms with E-state index in [0.717, 1.165) is 89.9 Å². The maximum atomic E-state index is 12.4. The van der Waals surface area contributed by atoms with Crippen molar-refractivity contribution >= 4 is 11.9 Å². The van der Waals surface area contributed by atoms with Crippen molar-refractivity contribution in [2.24, 2.45) is 0 Å². The zero-order valence-electron chi connectivity index (χ0n) is 40.8. The Kier molecular flexibility index (Phi) is 49.2. The molecule has 0 rings (SSSR count). The van der Waals surface area contributed by atoms with Gasteiger partial charge in [0.15, 0.2) is 0 Å². The smallest absolute Gasteiger partial charge is 0.305 e. The van der Waals surface area contributed by atoms with E-state index in [4.69, 9.17) is 4.74 Å². The van der Waals surface area contributed by atoms with E-state index in [1.807, 2.05) is 6.08 Å². The van der Waals surface area contributed by atoms with E-state index in [9.17, 15) is 19.8 Å². The fraction of sp³-hybridized carbons (Fsp3) is 0.786. The summed E-state index contributed by atoms with van der Waals surface area (Å²) in [6, 6.07) is -0.639. The van der Waals surface area contributed by atoms with Gasteiger partial charge in [-0.2, -0.15) is 0 Å². The second-order valence-corrected chi connectivity index (χ2v) is 17.8. The average Bonchev–Trinajstić information content (AvgIpc) is 3.27. The highest BCUT2D eigenvalue weighted by atomic mass is 16.5. The SMILES string of the molecule is CCCCC/C=C\C/C=C\CCCCCCCCCCCC(=O)OCCCCC/C=C\C/C=C\CCCCCCCCCC(=O)NC(CO)C(O)/C=C/CCCCCCCCC. The first kappa shape index (κ1) is 59.6. The van der Waals surface area contributed by atoms with Crippen LogP contribution in [0.1, 0.15) is 258 Å². The number of carbonyl (C=O) groups excluding carboxylic acids is 2. The van der Waals surface area contributed by atoms with Crippen LogP contribution in [0, 0.1) is 0 Å². The van der Waals surface area contributed by atoms with Crippen LogP contribution in [0.25, 0.3) is 0 Å². The Balaban J connectivity index is 3.50. The molecule has 0 saturated heterocycles. The van der Waals surface area contributed by atoms with Gasteiger partial charge in [0.25, 0.3) is 0 Å². The quantitative estimate of drug-likeness (QED) is 0.0322. The van der Waals surface area contributed by atoms with Crippen molar-refractivity contribution in [1.29, 1.82) is 0 Å². The number of nitrogens with one attached hydrogen (secondary N) is 1. The average molecular weight is 868 g/mol. The van der Waals surface area contributed by atoms with Gasteiger partial charge in [-0.1, -0.05) is 203 Å². The molecule has 6 nitrogen and oxygen atoms in total. The molecule has 62 heavy (non-hydrogen) atoms. The molecule has 0 aromatic heterocycles. The minimum absolute atomic E-state index is 0.0216. The molecule has 0 aromatic carbocycles. The maximum absolute atomic E-state index is 12.4. The van der Waals surface area contributed by atoms with E-state index < -0.39 is 12.1 Å². The van der Waals surface area contributed by atoms with Gasteiger partial charge in [-0.05, 0) is 103 Å². The van der Waals surface area contributed by atoms with Crippen molar-refractivity contribution in [1.82, 2.24) is 5.32 Å². The molecular weight excluding hydrogens is 767 g/mol. The highest BCUT2D eigenvalue weighted by Gasteiger charge is 2.18. The second kappa shape index (κ2) is 51.2. The minimum atomic E-state index is -0.854. The molecular formula is C56H101NO5. The van der Waals surface area contributed by atoms with Gasteiger partial charge in [-0.15, -0.1) is 0 Å². The van der Waals surface area contributed by atoms with E-state index in [0.29, 0.717) is 19.4 Å². The number of esters is 1. The lowest BCUT2D eigenvalue weighted by atomic mass is 10.1. The van der Waals surface area contributed by atoms with Gasteiger partial charge in [0.2, 0.25) is 5.91 Å². The molecule has 2 atom stereocenters. The predicted octanol–water partition coefficient (Wildman–Crippen LogP) is 16.0. The van der Waals surface area contributed by atoms with Crippen molar-refractivity contribution in [3.63, 3.8) is 0 Å². The number of unbranched alkanes of at least 4 members (excludes halogenated alkanes) is 29. The first-order valence-corrected chi connectivity index (χ1v) is 26.6. The fourth-order valence-electron chi connectivity index (χ4n) is 7.63. The summed E-state index contributed by atoms with van der Waals surface area (Å²) in [7, 11) is 0. The van der Waals surface area contributed by atoms with E-state index >= 15 is 0 Å². The van der Waals surface area contributed by atoms with Gasteiger partial charge < -0.3 is 20.3 Å². The Morgan fingerprint density at radius 1 is 0.452 bits per heavy atom. The van der Waals surface area contributed by atoms with E-state index in [1.54, 1.807) is 6.08 Å². The number of amides is 1. The van der Waals surface area contributed by atoms with Crippen LogP contribution in [0.2, 0.25) is 0 Å². The van der Waals surface area contributed by atoms with Crippen molar-refractivity contribution < 1.29 is 24.5 Å². The van der Waals surface area contributed by atoms with E-state index in [-0.39, 0.29) is 18.5 Å². The van der Waals surface area contributed by atoms with Crippen LogP contribution < -0.4 is 5.32 Å². The monoisotopic (exact) mass is 868 g/mol. The molecule has 6 heteroatoms. The summed E-state index contributed by atoms with van der Waals surface area (Å²) >= 11 is 0. The Morgan fingerprint density at radius 2 is 0.806 bits per heavy atom. The summed E-state index contributed by atoms with van der Waals surface area (Å²) in [5.74, 6) is -0.110. The van der Waals surface area contributed by atoms with Crippen molar-refractivity contribution in [3.05, 3.63) is 60.8 Å². The molecule has 0 bridgehead atoms. The van der Waals surface area contributed by atoms with Crippen LogP contribution in [0.15, 0.2) is 60.8 Å². The van der Waals surface area contributed by atoms with Gasteiger partial charge in [0, 0.05) is 12.8 Å². The number of hydrogen-bond donors (Lipinski definition) is 3. The number of aliphatic hydroxyl groups is 2. The Bertz CT molecular complexity index is 1090. The van der Waals surface area contributed by atoms with Crippen molar-refractivity contribution in [2.75, 3.05) is 13.2 Å². The molecule has 1 amide bonds. The molecule has 0 saturated carbocycles. The molecule has 0 aliphatic carbocycles. The summed E-state index contributed by atoms with van der Waals surface area (Å²) in [4.78, 5) is 24.4. The second-order valence-electron chi connectivity index (χ2n) is 17.8. The lowest BCUT2D eigenvalue weighted by molar-refractivity contribution is -0.143. The van der Waals surface area contributed by atoms with Crippen LogP contribution in [-0.2, 0) is 14.3 Å². The summed E-state index contributed by atoms with van der Waals surface area (Å²) in [6.45, 7) is 4.79. The predicted molar refractivity (Wildman–Crippen MR) is 268 cm³/mol. The molecule has 360 valence electrons. The van der Waals surface area contributed by atoms with Gasteiger partial charge in [-0.25, -0.2) is 0 Å². The van der Waals surface area contributed by atoms with Gasteiger partial charge in [0.05, 0.1) is 25.4 Å². The summed E-state index contributed by atoms with van der Waals surface area (Å²) < 4.78 is 5.46. The molecule has 0 aliphatic heterocycles. The third-order valence-electron chi connectivity index (χ3n) is 11.8. The topological polar surface area (TPSA) is 95.9 Å². The van der Waals surface area contributed by atoms with Gasteiger partial charge >= 0.3 is 5.97 Å². The zero-order chi connectivity index (χ0) is 45.1. The number of hydrogen-bond acceptors (Lipinski definition) is 5. The van der Waals surface area contributed by atoms with Crippen LogP contribution in [-0.4, -0.2) is 47.4 Å². The van der Waals surface area contributed by atoms with Crippen LogP contribution in [0.5, 0.6) is 0 Å². The normalized spacial score (nSPS) is 13.2. The molecule has 0 radical (unpaired) electrons. The highest BCUT2D eigenvalue weighted by Crippen LogP contribution is 2.14. The number of aliphatic hydroxyl groups excluding tert-OH is 2. The number of rotatable bonds is 48. The Labute approximate surface area is 384 Å². The van der Waals surface area contributed by atoms with Crippen molar-refractivity contribution in [2.45, 2.75) is 270 Å². The molecule has 0 aliphatic rings. The Morgan fingerprint density at radius 3 is 1.26 bits per heavy atom. The largest absolute Gasteiger partial charge is 0.466 e. The first-order chi connectivity index (χ1) is 30.5. The first-order valence-electron chi connectivity index (χ1n) is 26.6. The summed E-state index contributed by atoms with van der Waals surface area (Å²) in [6.07, 6.45) is 65.2. The molecule has 3 N–H and O–H groups in total. The van der Waals surface area contributed by atoms with Crippen molar-refractivity contribution in [3.8, 4) is 0 Å². The maximum Gasteiger partial charge on any atom is 0.305 e. The highest BCUT2D eigenvalue weighted by molar-refractivity contribution is 5.76. The van der Waals surface area contributed by atoms with Gasteiger partial charge in [-0.3, -0.25) is 9.59 Å². The van der Waals surface area contributed by atoms with Crippen LogP contribution in [0.3, 0.4) is 0 Å². The van der Waals surface area contributed by atoms with E-state index in [2.05, 4.69) is 67.8 Å². The number of carbonyl (C=O) groups is 2. The lowest BCUT2D eigenvalue weighted by Gasteiger charge is -2.20. The van der Waals surface area contributed by atoms with Crippen LogP contribution in [0.4, 0.5) is 0 Å². The Hall–Kier alpha value is -2.44. The lowest BCUT2D eigenvalue weighted by Crippen LogP contribution is -2.45. The number of allylic oxidation sites excluding steroid dienone is 9. The third kappa shape index (κ3) is 47.0. The van der Waals surface area contributed by atoms with Crippen LogP contribution >= 0.6 is 0 Å². The molecule has 0 heterocycles. The van der Waals surface area contributed by atoms with E-state index in [1.165, 1.54) is 141 Å². The molecule has 2 unspecified atom stereocenters. The minimum Gasteiger partial charge on any atom is -0.466 e. The molecule has 0 spiro atoms. The summed E-state index contributed by atoms with van der Waals surface area (Å²) in [5.41, 5.74) is 0. The molecule has 0 aromatic rings. The third-order valence-corrected chi connectivity index (χ3v) is 11.8. The van der Waals surface area contributed by atoms with Gasteiger partial charge in [0.1, 0.15) is 0 Å². The number of ether oxygens (including phenoxy) is 1.